The lowest BCUT2D eigenvalue weighted by molar-refractivity contribution is -0.113. The summed E-state index contributed by atoms with van der Waals surface area (Å²) in [6.45, 7) is 0. The van der Waals surface area contributed by atoms with Crippen LogP contribution in [0.25, 0.3) is 12.2 Å². The molecule has 0 saturated heterocycles. The average Bonchev–Trinajstić information content (AvgIpc) is 3.09. The van der Waals surface area contributed by atoms with Gasteiger partial charge in [-0.1, -0.05) is 30.3 Å². The highest BCUT2D eigenvalue weighted by molar-refractivity contribution is 6.11. The molecule has 0 unspecified atom stereocenters. The van der Waals surface area contributed by atoms with Gasteiger partial charge in [0, 0.05) is 22.4 Å². The minimum absolute atomic E-state index is 0.0431. The maximum atomic E-state index is 13.5. The number of rotatable bonds is 13. The molecule has 0 atom stereocenters. The third-order valence-electron chi connectivity index (χ3n) is 6.80. The van der Waals surface area contributed by atoms with Crippen molar-refractivity contribution >= 4 is 35.4 Å². The Morgan fingerprint density at radius 3 is 1.85 bits per heavy atom. The molecule has 0 aliphatic rings. The van der Waals surface area contributed by atoms with E-state index in [1.807, 2.05) is 6.07 Å². The Hall–Kier alpha value is -6.03. The van der Waals surface area contributed by atoms with Crippen LogP contribution in [-0.4, -0.2) is 53.1 Å². The zero-order chi connectivity index (χ0) is 33.1. The number of ether oxygens (including phenoxy) is 5. The third kappa shape index (κ3) is 7.92. The van der Waals surface area contributed by atoms with Crippen molar-refractivity contribution in [2.24, 2.45) is 0 Å². The fourth-order valence-corrected chi connectivity index (χ4v) is 4.51. The molecule has 0 spiro atoms. The smallest absolute Gasteiger partial charge is 0.272 e. The van der Waals surface area contributed by atoms with Gasteiger partial charge < -0.3 is 34.3 Å². The number of benzene rings is 4. The lowest BCUT2D eigenvalue weighted by Gasteiger charge is -2.14. The molecule has 2 N–H and O–H groups in total. The molecule has 46 heavy (non-hydrogen) atoms. The minimum atomic E-state index is -0.595. The maximum Gasteiger partial charge on any atom is 0.272 e. The van der Waals surface area contributed by atoms with Gasteiger partial charge >= 0.3 is 0 Å². The van der Waals surface area contributed by atoms with E-state index in [1.165, 1.54) is 40.6 Å². The van der Waals surface area contributed by atoms with Crippen molar-refractivity contribution in [1.82, 2.24) is 5.32 Å². The average molecular weight is 623 g/mol. The summed E-state index contributed by atoms with van der Waals surface area (Å²) in [5.41, 5.74) is 2.33. The van der Waals surface area contributed by atoms with Crippen LogP contribution in [0.5, 0.6) is 28.7 Å². The number of allylic oxidation sites excluding steroid dienone is 1. The van der Waals surface area contributed by atoms with Gasteiger partial charge in [-0.25, -0.2) is 0 Å². The van der Waals surface area contributed by atoms with Crippen molar-refractivity contribution < 1.29 is 38.1 Å². The monoisotopic (exact) mass is 622 g/mol. The number of nitrogens with one attached hydrogen (secondary N) is 2. The van der Waals surface area contributed by atoms with Gasteiger partial charge in [0.2, 0.25) is 5.75 Å². The van der Waals surface area contributed by atoms with Crippen LogP contribution < -0.4 is 34.3 Å². The highest BCUT2D eigenvalue weighted by Crippen LogP contribution is 2.38. The van der Waals surface area contributed by atoms with E-state index < -0.39 is 11.8 Å². The van der Waals surface area contributed by atoms with Crippen molar-refractivity contribution in [3.05, 3.63) is 119 Å². The molecule has 0 saturated carbocycles. The molecule has 10 heteroatoms. The first-order valence-electron chi connectivity index (χ1n) is 14.0. The molecule has 0 aromatic heterocycles. The Labute approximate surface area is 267 Å². The van der Waals surface area contributed by atoms with E-state index in [0.717, 1.165) is 0 Å². The number of carbonyl (C=O) groups is 3. The van der Waals surface area contributed by atoms with Crippen molar-refractivity contribution in [3.63, 3.8) is 0 Å². The van der Waals surface area contributed by atoms with Crippen LogP contribution in [0.15, 0.2) is 96.7 Å². The van der Waals surface area contributed by atoms with Crippen molar-refractivity contribution in [2.45, 2.75) is 0 Å². The van der Waals surface area contributed by atoms with Gasteiger partial charge in [-0.3, -0.25) is 14.4 Å². The number of hydrogen-bond donors (Lipinski definition) is 2. The fourth-order valence-electron chi connectivity index (χ4n) is 4.51. The molecule has 0 fully saturated rings. The number of methoxy groups -OCH3 is 5. The van der Waals surface area contributed by atoms with Crippen LogP contribution in [0, 0.1) is 0 Å². The molecule has 0 heterocycles. The number of amides is 2. The molecular formula is C36H34N2O8. The SMILES string of the molecule is COc1cccc(/C=C/C(=O)c2ccc(NC(=O)/C(=C/c3cc(OC)c(OC)c(OC)c3)NC(=O)c3ccccc3)cc2)c1OC. The molecule has 2 amide bonds. The van der Waals surface area contributed by atoms with Crippen LogP contribution in [0.1, 0.15) is 31.8 Å². The van der Waals surface area contributed by atoms with Gasteiger partial charge in [0.25, 0.3) is 11.8 Å². The van der Waals surface area contributed by atoms with Gasteiger partial charge in [0.1, 0.15) is 5.70 Å². The lowest BCUT2D eigenvalue weighted by atomic mass is 10.1. The van der Waals surface area contributed by atoms with Crippen LogP contribution in [0.4, 0.5) is 5.69 Å². The molecule has 4 rings (SSSR count). The molecule has 0 aliphatic heterocycles. The zero-order valence-electron chi connectivity index (χ0n) is 26.1. The quantitative estimate of drug-likeness (QED) is 0.137. The molecule has 10 nitrogen and oxygen atoms in total. The van der Waals surface area contributed by atoms with E-state index in [2.05, 4.69) is 10.6 Å². The number of anilines is 1. The van der Waals surface area contributed by atoms with E-state index in [-0.39, 0.29) is 11.5 Å². The minimum Gasteiger partial charge on any atom is -0.493 e. The van der Waals surface area contributed by atoms with Gasteiger partial charge in [0.05, 0.1) is 35.5 Å². The topological polar surface area (TPSA) is 121 Å². The summed E-state index contributed by atoms with van der Waals surface area (Å²) in [5.74, 6) is 0.881. The van der Waals surface area contributed by atoms with Crippen LogP contribution in [0.3, 0.4) is 0 Å². The Morgan fingerprint density at radius 2 is 1.26 bits per heavy atom. The van der Waals surface area contributed by atoms with E-state index in [0.29, 0.717) is 56.7 Å². The second-order valence-electron chi connectivity index (χ2n) is 9.65. The van der Waals surface area contributed by atoms with Crippen molar-refractivity contribution in [3.8, 4) is 28.7 Å². The number of hydrogen-bond acceptors (Lipinski definition) is 8. The van der Waals surface area contributed by atoms with Crippen molar-refractivity contribution in [1.29, 1.82) is 0 Å². The summed E-state index contributed by atoms with van der Waals surface area (Å²) < 4.78 is 27.0. The molecule has 4 aromatic carbocycles. The van der Waals surface area contributed by atoms with E-state index >= 15 is 0 Å². The highest BCUT2D eigenvalue weighted by Gasteiger charge is 2.18. The fraction of sp³-hybridized carbons (Fsp3) is 0.139. The van der Waals surface area contributed by atoms with Gasteiger partial charge in [-0.05, 0) is 78.4 Å². The Morgan fingerprint density at radius 1 is 0.630 bits per heavy atom. The van der Waals surface area contributed by atoms with Crippen molar-refractivity contribution in [2.75, 3.05) is 40.9 Å². The predicted molar refractivity (Wildman–Crippen MR) is 176 cm³/mol. The first kappa shape index (κ1) is 32.9. The molecule has 0 radical (unpaired) electrons. The first-order chi connectivity index (χ1) is 22.3. The lowest BCUT2D eigenvalue weighted by Crippen LogP contribution is -2.30. The van der Waals surface area contributed by atoms with E-state index in [9.17, 15) is 14.4 Å². The molecule has 0 bridgehead atoms. The summed E-state index contributed by atoms with van der Waals surface area (Å²) in [7, 11) is 7.52. The second kappa shape index (κ2) is 15.6. The van der Waals surface area contributed by atoms with Crippen LogP contribution in [-0.2, 0) is 4.79 Å². The standard InChI is InChI=1S/C36H34N2O8/c1-42-30-13-9-12-25(33(30)45-4)16-19-29(39)24-14-17-27(18-15-24)37-36(41)28(38-35(40)26-10-7-6-8-11-26)20-23-21-31(43-2)34(46-5)32(22-23)44-3/h6-22H,1-5H3,(H,37,41)(H,38,40)/b19-16+,28-20-. The molecule has 4 aromatic rings. The number of para-hydroxylation sites is 1. The predicted octanol–water partition coefficient (Wildman–Crippen LogP) is 6.04. The normalized spacial score (nSPS) is 11.0. The van der Waals surface area contributed by atoms with E-state index in [4.69, 9.17) is 23.7 Å². The summed E-state index contributed by atoms with van der Waals surface area (Å²) >= 11 is 0. The van der Waals surface area contributed by atoms with Gasteiger partial charge in [-0.15, -0.1) is 0 Å². The number of carbonyl (C=O) groups excluding carboxylic acids is 3. The van der Waals surface area contributed by atoms with Gasteiger partial charge in [0.15, 0.2) is 28.8 Å². The summed E-state index contributed by atoms with van der Waals surface area (Å²) in [6, 6.07) is 23.6. The van der Waals surface area contributed by atoms with Gasteiger partial charge in [-0.2, -0.15) is 0 Å². The highest BCUT2D eigenvalue weighted by atomic mass is 16.5. The second-order valence-corrected chi connectivity index (χ2v) is 9.65. The largest absolute Gasteiger partial charge is 0.493 e. The zero-order valence-corrected chi connectivity index (χ0v) is 26.1. The van der Waals surface area contributed by atoms with Crippen LogP contribution in [0.2, 0.25) is 0 Å². The maximum absolute atomic E-state index is 13.5. The Balaban J connectivity index is 1.58. The summed E-state index contributed by atoms with van der Waals surface area (Å²) in [4.78, 5) is 39.5. The third-order valence-corrected chi connectivity index (χ3v) is 6.80. The number of ketones is 1. The molecule has 0 aliphatic carbocycles. The summed E-state index contributed by atoms with van der Waals surface area (Å²) in [6.07, 6.45) is 4.58. The van der Waals surface area contributed by atoms with Crippen LogP contribution >= 0.6 is 0 Å². The summed E-state index contributed by atoms with van der Waals surface area (Å²) in [5, 5.41) is 5.48. The Kier molecular flexibility index (Phi) is 11.2. The molecule has 236 valence electrons. The first-order valence-corrected chi connectivity index (χ1v) is 14.0. The molecular weight excluding hydrogens is 588 g/mol. The van der Waals surface area contributed by atoms with E-state index in [1.54, 1.807) is 92.0 Å². The Bertz CT molecular complexity index is 1740.